The fourth-order valence-corrected chi connectivity index (χ4v) is 2.52. The lowest BCUT2D eigenvalue weighted by molar-refractivity contribution is 0.750. The number of nitrogens with one attached hydrogen (secondary N) is 1. The molecule has 0 radical (unpaired) electrons. The highest BCUT2D eigenvalue weighted by Gasteiger charge is 2.10. The van der Waals surface area contributed by atoms with Gasteiger partial charge in [0.15, 0.2) is 0 Å². The molecule has 0 saturated carbocycles. The second-order valence-corrected chi connectivity index (χ2v) is 4.89. The van der Waals surface area contributed by atoms with E-state index in [-0.39, 0.29) is 0 Å². The molecule has 20 heavy (non-hydrogen) atoms. The number of pyridine rings is 1. The highest BCUT2D eigenvalue weighted by Crippen LogP contribution is 2.27. The van der Waals surface area contributed by atoms with E-state index < -0.39 is 0 Å². The molecule has 0 aliphatic rings. The normalized spacial score (nSPS) is 12.2. The van der Waals surface area contributed by atoms with Crippen LogP contribution in [0.2, 0.25) is 0 Å². The molecule has 0 bridgehead atoms. The molecule has 0 aliphatic heterocycles. The quantitative estimate of drug-likeness (QED) is 0.730. The Morgan fingerprint density at radius 1 is 0.950 bits per heavy atom. The Bertz CT molecular complexity index is 687. The standard InChI is InChI=1S/C18H18N2/c1-2-16(14-8-4-3-5-9-14)20-18-12-6-11-17-15(18)10-7-13-19-17/h3-13,16,20H,2H2,1H3. The predicted octanol–water partition coefficient (Wildman–Crippen LogP) is 4.80. The molecule has 1 unspecified atom stereocenters. The van der Waals surface area contributed by atoms with E-state index in [1.54, 1.807) is 0 Å². The lowest BCUT2D eigenvalue weighted by atomic mass is 10.0. The van der Waals surface area contributed by atoms with Gasteiger partial charge in [-0.2, -0.15) is 0 Å². The maximum absolute atomic E-state index is 4.41. The van der Waals surface area contributed by atoms with Crippen molar-refractivity contribution >= 4 is 16.6 Å². The second kappa shape index (κ2) is 5.74. The van der Waals surface area contributed by atoms with E-state index in [1.165, 1.54) is 10.9 Å². The highest BCUT2D eigenvalue weighted by atomic mass is 14.9. The predicted molar refractivity (Wildman–Crippen MR) is 84.8 cm³/mol. The van der Waals surface area contributed by atoms with Crippen LogP contribution in [0.15, 0.2) is 66.9 Å². The number of aromatic nitrogens is 1. The SMILES string of the molecule is CCC(Nc1cccc2ncccc12)c1ccccc1. The van der Waals surface area contributed by atoms with Crippen molar-refractivity contribution in [1.29, 1.82) is 0 Å². The van der Waals surface area contributed by atoms with Crippen molar-refractivity contribution in [3.63, 3.8) is 0 Å². The minimum Gasteiger partial charge on any atom is -0.378 e. The molecule has 2 aromatic carbocycles. The smallest absolute Gasteiger partial charge is 0.0722 e. The molecular weight excluding hydrogens is 244 g/mol. The number of benzene rings is 2. The monoisotopic (exact) mass is 262 g/mol. The number of anilines is 1. The van der Waals surface area contributed by atoms with Gasteiger partial charge in [-0.25, -0.2) is 0 Å². The highest BCUT2D eigenvalue weighted by molar-refractivity contribution is 5.91. The molecule has 3 aromatic rings. The molecule has 1 N–H and O–H groups in total. The molecule has 0 fully saturated rings. The van der Waals surface area contributed by atoms with Crippen molar-refractivity contribution in [1.82, 2.24) is 4.98 Å². The molecule has 0 saturated heterocycles. The number of fused-ring (bicyclic) bond motifs is 1. The van der Waals surface area contributed by atoms with E-state index >= 15 is 0 Å². The average molecular weight is 262 g/mol. The number of hydrogen-bond acceptors (Lipinski definition) is 2. The van der Waals surface area contributed by atoms with Crippen molar-refractivity contribution in [3.05, 3.63) is 72.4 Å². The Morgan fingerprint density at radius 3 is 2.60 bits per heavy atom. The summed E-state index contributed by atoms with van der Waals surface area (Å²) in [7, 11) is 0. The molecule has 1 atom stereocenters. The van der Waals surface area contributed by atoms with Crippen LogP contribution in [0.25, 0.3) is 10.9 Å². The van der Waals surface area contributed by atoms with Crippen LogP contribution < -0.4 is 5.32 Å². The Morgan fingerprint density at radius 2 is 1.80 bits per heavy atom. The van der Waals surface area contributed by atoms with Crippen LogP contribution in [-0.4, -0.2) is 4.98 Å². The van der Waals surface area contributed by atoms with Crippen LogP contribution in [0, 0.1) is 0 Å². The van der Waals surface area contributed by atoms with Gasteiger partial charge in [-0.3, -0.25) is 4.98 Å². The number of hydrogen-bond donors (Lipinski definition) is 1. The zero-order valence-electron chi connectivity index (χ0n) is 11.6. The summed E-state index contributed by atoms with van der Waals surface area (Å²) in [6.07, 6.45) is 2.88. The molecule has 2 heteroatoms. The van der Waals surface area contributed by atoms with E-state index in [9.17, 15) is 0 Å². The average Bonchev–Trinajstić information content (AvgIpc) is 2.53. The topological polar surface area (TPSA) is 24.9 Å². The number of nitrogens with zero attached hydrogens (tertiary/aromatic N) is 1. The van der Waals surface area contributed by atoms with Crippen molar-refractivity contribution in [2.45, 2.75) is 19.4 Å². The van der Waals surface area contributed by atoms with Crippen LogP contribution in [0.3, 0.4) is 0 Å². The molecular formula is C18H18N2. The van der Waals surface area contributed by atoms with Gasteiger partial charge in [0, 0.05) is 17.3 Å². The maximum atomic E-state index is 4.41. The summed E-state index contributed by atoms with van der Waals surface area (Å²) >= 11 is 0. The van der Waals surface area contributed by atoms with E-state index in [0.717, 1.165) is 17.6 Å². The van der Waals surface area contributed by atoms with Gasteiger partial charge in [-0.15, -0.1) is 0 Å². The molecule has 2 nitrogen and oxygen atoms in total. The molecule has 0 spiro atoms. The minimum atomic E-state index is 0.321. The van der Waals surface area contributed by atoms with Crippen LogP contribution in [-0.2, 0) is 0 Å². The van der Waals surface area contributed by atoms with Gasteiger partial charge in [0.1, 0.15) is 0 Å². The van der Waals surface area contributed by atoms with E-state index in [2.05, 4.69) is 65.8 Å². The minimum absolute atomic E-state index is 0.321. The Kier molecular flexibility index (Phi) is 3.64. The molecule has 0 aliphatic carbocycles. The zero-order valence-corrected chi connectivity index (χ0v) is 11.6. The van der Waals surface area contributed by atoms with Crippen molar-refractivity contribution in [2.75, 3.05) is 5.32 Å². The third-order valence-corrected chi connectivity index (χ3v) is 3.59. The van der Waals surface area contributed by atoms with E-state index in [0.29, 0.717) is 6.04 Å². The first-order chi connectivity index (χ1) is 9.88. The Hall–Kier alpha value is -2.35. The third-order valence-electron chi connectivity index (χ3n) is 3.59. The van der Waals surface area contributed by atoms with Crippen LogP contribution in [0.1, 0.15) is 24.9 Å². The summed E-state index contributed by atoms with van der Waals surface area (Å²) in [6, 6.07) is 21.2. The van der Waals surface area contributed by atoms with Crippen molar-refractivity contribution in [3.8, 4) is 0 Å². The summed E-state index contributed by atoms with van der Waals surface area (Å²) in [5, 5.41) is 4.82. The fourth-order valence-electron chi connectivity index (χ4n) is 2.52. The first kappa shape index (κ1) is 12.7. The molecule has 1 heterocycles. The maximum Gasteiger partial charge on any atom is 0.0722 e. The van der Waals surface area contributed by atoms with Crippen LogP contribution in [0.4, 0.5) is 5.69 Å². The van der Waals surface area contributed by atoms with Gasteiger partial charge in [0.05, 0.1) is 11.6 Å². The summed E-state index contributed by atoms with van der Waals surface area (Å²) in [5.41, 5.74) is 3.49. The van der Waals surface area contributed by atoms with Crippen molar-refractivity contribution < 1.29 is 0 Å². The van der Waals surface area contributed by atoms with Gasteiger partial charge in [0.2, 0.25) is 0 Å². The summed E-state index contributed by atoms with van der Waals surface area (Å²) in [6.45, 7) is 2.20. The van der Waals surface area contributed by atoms with Gasteiger partial charge in [0.25, 0.3) is 0 Å². The third kappa shape index (κ3) is 2.50. The Labute approximate surface area is 119 Å². The van der Waals surface area contributed by atoms with Crippen LogP contribution >= 0.6 is 0 Å². The molecule has 1 aromatic heterocycles. The largest absolute Gasteiger partial charge is 0.378 e. The van der Waals surface area contributed by atoms with Gasteiger partial charge >= 0.3 is 0 Å². The first-order valence-corrected chi connectivity index (χ1v) is 7.03. The van der Waals surface area contributed by atoms with E-state index in [1.807, 2.05) is 18.3 Å². The molecule has 3 rings (SSSR count). The van der Waals surface area contributed by atoms with E-state index in [4.69, 9.17) is 0 Å². The van der Waals surface area contributed by atoms with Crippen LogP contribution in [0.5, 0.6) is 0 Å². The summed E-state index contributed by atoms with van der Waals surface area (Å²) < 4.78 is 0. The second-order valence-electron chi connectivity index (χ2n) is 4.89. The lowest BCUT2D eigenvalue weighted by Crippen LogP contribution is -2.09. The van der Waals surface area contributed by atoms with Gasteiger partial charge < -0.3 is 5.32 Å². The lowest BCUT2D eigenvalue weighted by Gasteiger charge is -2.20. The summed E-state index contributed by atoms with van der Waals surface area (Å²) in [5.74, 6) is 0. The first-order valence-electron chi connectivity index (χ1n) is 7.03. The van der Waals surface area contributed by atoms with Gasteiger partial charge in [-0.05, 0) is 36.2 Å². The van der Waals surface area contributed by atoms with Gasteiger partial charge in [-0.1, -0.05) is 43.3 Å². The van der Waals surface area contributed by atoms with Crippen molar-refractivity contribution in [2.24, 2.45) is 0 Å². The fraction of sp³-hybridized carbons (Fsp3) is 0.167. The molecule has 0 amide bonds. The summed E-state index contributed by atoms with van der Waals surface area (Å²) in [4.78, 5) is 4.41. The Balaban J connectivity index is 1.96. The zero-order chi connectivity index (χ0) is 13.8. The number of rotatable bonds is 4. The molecule has 100 valence electrons.